The van der Waals surface area contributed by atoms with Gasteiger partial charge in [-0.1, -0.05) is 17.7 Å². The smallest absolute Gasteiger partial charge is 0.256 e. The summed E-state index contributed by atoms with van der Waals surface area (Å²) in [6.45, 7) is 5.87. The van der Waals surface area contributed by atoms with Crippen molar-refractivity contribution in [2.45, 2.75) is 32.4 Å². The third kappa shape index (κ3) is 3.23. The lowest BCUT2D eigenvalue weighted by Crippen LogP contribution is -2.46. The summed E-state index contributed by atoms with van der Waals surface area (Å²) in [4.78, 5) is 16.1. The minimum atomic E-state index is -0.739. The molecule has 1 heterocycles. The summed E-state index contributed by atoms with van der Waals surface area (Å²) >= 11 is 5.62. The summed E-state index contributed by atoms with van der Waals surface area (Å²) in [6, 6.07) is 3.51. The molecule has 19 heavy (non-hydrogen) atoms. The van der Waals surface area contributed by atoms with Gasteiger partial charge in [-0.15, -0.1) is 0 Å². The van der Waals surface area contributed by atoms with Gasteiger partial charge in [0.15, 0.2) is 12.0 Å². The predicted molar refractivity (Wildman–Crippen MR) is 72.6 cm³/mol. The molecule has 6 heteroatoms. The van der Waals surface area contributed by atoms with E-state index in [4.69, 9.17) is 11.6 Å². The van der Waals surface area contributed by atoms with Crippen LogP contribution in [-0.4, -0.2) is 17.4 Å². The maximum atomic E-state index is 13.4. The molecule has 1 atom stereocenters. The van der Waals surface area contributed by atoms with Crippen LogP contribution in [0.2, 0.25) is 5.02 Å². The zero-order valence-corrected chi connectivity index (χ0v) is 11.7. The lowest BCUT2D eigenvalue weighted by Gasteiger charge is -2.21. The molecule has 1 aliphatic rings. The Kier molecular flexibility index (Phi) is 3.49. The number of aliphatic imine (C=N–C) groups is 1. The molecule has 0 fully saturated rings. The fourth-order valence-electron chi connectivity index (χ4n) is 1.73. The summed E-state index contributed by atoms with van der Waals surface area (Å²) < 4.78 is 13.4. The van der Waals surface area contributed by atoms with Gasteiger partial charge in [-0.25, -0.2) is 9.38 Å². The van der Waals surface area contributed by atoms with Crippen LogP contribution >= 0.6 is 11.6 Å². The molecule has 0 saturated heterocycles. The van der Waals surface area contributed by atoms with Crippen LogP contribution in [0.25, 0.3) is 0 Å². The average molecular weight is 284 g/mol. The first-order chi connectivity index (χ1) is 8.76. The van der Waals surface area contributed by atoms with Crippen LogP contribution in [0, 0.1) is 5.82 Å². The van der Waals surface area contributed by atoms with Crippen molar-refractivity contribution in [3.8, 4) is 0 Å². The Balaban J connectivity index is 2.25. The number of amides is 1. The summed E-state index contributed by atoms with van der Waals surface area (Å²) in [5.74, 6) is -0.439. The highest BCUT2D eigenvalue weighted by molar-refractivity contribution is 6.30. The van der Waals surface area contributed by atoms with Crippen LogP contribution in [0.15, 0.2) is 23.2 Å². The van der Waals surface area contributed by atoms with Crippen LogP contribution in [0.3, 0.4) is 0 Å². The quantitative estimate of drug-likeness (QED) is 0.831. The van der Waals surface area contributed by atoms with Gasteiger partial charge in [0.1, 0.15) is 5.82 Å². The SMILES string of the molecule is CC(C)(C)NC1=NC(c2ccc(Cl)c(F)c2)C(=O)N1. The molecule has 0 aliphatic carbocycles. The van der Waals surface area contributed by atoms with E-state index in [1.54, 1.807) is 6.07 Å². The monoisotopic (exact) mass is 283 g/mol. The molecular weight excluding hydrogens is 269 g/mol. The third-order valence-corrected chi connectivity index (χ3v) is 2.81. The fraction of sp³-hybridized carbons (Fsp3) is 0.385. The van der Waals surface area contributed by atoms with Crippen LogP contribution in [0.5, 0.6) is 0 Å². The first-order valence-corrected chi connectivity index (χ1v) is 6.26. The minimum absolute atomic E-state index is 0.0270. The van der Waals surface area contributed by atoms with E-state index in [1.807, 2.05) is 20.8 Å². The van der Waals surface area contributed by atoms with E-state index in [0.717, 1.165) is 0 Å². The van der Waals surface area contributed by atoms with Crippen LogP contribution in [0.4, 0.5) is 4.39 Å². The molecule has 1 aliphatic heterocycles. The van der Waals surface area contributed by atoms with Crippen molar-refractivity contribution in [2.24, 2.45) is 4.99 Å². The van der Waals surface area contributed by atoms with Crippen molar-refractivity contribution in [3.05, 3.63) is 34.6 Å². The summed E-state index contributed by atoms with van der Waals surface area (Å²) in [7, 11) is 0. The molecule has 1 unspecified atom stereocenters. The molecule has 4 nitrogen and oxygen atoms in total. The predicted octanol–water partition coefficient (Wildman–Crippen LogP) is 2.39. The number of nitrogens with zero attached hydrogens (tertiary/aromatic N) is 1. The van der Waals surface area contributed by atoms with Gasteiger partial charge < -0.3 is 5.32 Å². The lowest BCUT2D eigenvalue weighted by atomic mass is 10.1. The van der Waals surface area contributed by atoms with Crippen LogP contribution in [-0.2, 0) is 4.79 Å². The van der Waals surface area contributed by atoms with Crippen LogP contribution < -0.4 is 10.6 Å². The number of carbonyl (C=O) groups is 1. The highest BCUT2D eigenvalue weighted by Gasteiger charge is 2.29. The second kappa shape index (κ2) is 4.81. The van der Waals surface area contributed by atoms with Gasteiger partial charge >= 0.3 is 0 Å². The number of hydrogen-bond donors (Lipinski definition) is 2. The molecule has 1 amide bonds. The minimum Gasteiger partial charge on any atom is -0.351 e. The van der Waals surface area contributed by atoms with Gasteiger partial charge in [-0.3, -0.25) is 10.1 Å². The standard InChI is InChI=1S/C13H15ClFN3O/c1-13(2,3)18-12-16-10(11(19)17-12)7-4-5-8(14)9(15)6-7/h4-6,10H,1-3H3,(H2,16,17,18,19). The zero-order valence-electron chi connectivity index (χ0n) is 10.9. The van der Waals surface area contributed by atoms with Gasteiger partial charge in [0, 0.05) is 5.54 Å². The first-order valence-electron chi connectivity index (χ1n) is 5.88. The van der Waals surface area contributed by atoms with Crippen molar-refractivity contribution in [1.82, 2.24) is 10.6 Å². The second-order valence-electron chi connectivity index (χ2n) is 5.42. The van der Waals surface area contributed by atoms with E-state index in [2.05, 4.69) is 15.6 Å². The normalized spacial score (nSPS) is 19.1. The molecule has 2 N–H and O–H groups in total. The largest absolute Gasteiger partial charge is 0.351 e. The van der Waals surface area contributed by atoms with E-state index in [-0.39, 0.29) is 16.5 Å². The number of carbonyl (C=O) groups excluding carboxylic acids is 1. The Morgan fingerprint density at radius 2 is 2.11 bits per heavy atom. The molecule has 0 radical (unpaired) electrons. The van der Waals surface area contributed by atoms with E-state index < -0.39 is 11.9 Å². The molecular formula is C13H15ClFN3O. The molecule has 0 saturated carbocycles. The molecule has 0 spiro atoms. The van der Waals surface area contributed by atoms with Gasteiger partial charge in [0.05, 0.1) is 5.02 Å². The number of benzene rings is 1. The highest BCUT2D eigenvalue weighted by atomic mass is 35.5. The number of halogens is 2. The average Bonchev–Trinajstić information content (AvgIpc) is 2.61. The molecule has 0 aromatic heterocycles. The zero-order chi connectivity index (χ0) is 14.2. The summed E-state index contributed by atoms with van der Waals surface area (Å²) in [6.07, 6.45) is 0. The van der Waals surface area contributed by atoms with Gasteiger partial charge in [-0.05, 0) is 38.5 Å². The van der Waals surface area contributed by atoms with Gasteiger partial charge in [-0.2, -0.15) is 0 Å². The summed E-state index contributed by atoms with van der Waals surface area (Å²) in [5, 5.41) is 5.74. The van der Waals surface area contributed by atoms with E-state index >= 15 is 0 Å². The number of rotatable bonds is 1. The van der Waals surface area contributed by atoms with Crippen molar-refractivity contribution in [3.63, 3.8) is 0 Å². The maximum Gasteiger partial charge on any atom is 0.256 e. The Hall–Kier alpha value is -1.62. The molecule has 1 aromatic rings. The highest BCUT2D eigenvalue weighted by Crippen LogP contribution is 2.25. The topological polar surface area (TPSA) is 53.5 Å². The van der Waals surface area contributed by atoms with Gasteiger partial charge in [0.25, 0.3) is 5.91 Å². The number of guanidine groups is 1. The third-order valence-electron chi connectivity index (χ3n) is 2.50. The van der Waals surface area contributed by atoms with E-state index in [0.29, 0.717) is 11.5 Å². The molecule has 102 valence electrons. The lowest BCUT2D eigenvalue weighted by molar-refractivity contribution is -0.120. The first kappa shape index (κ1) is 13.8. The Labute approximate surface area is 116 Å². The Bertz CT molecular complexity index is 551. The Morgan fingerprint density at radius 1 is 1.42 bits per heavy atom. The maximum absolute atomic E-state index is 13.4. The molecule has 1 aromatic carbocycles. The van der Waals surface area contributed by atoms with Crippen molar-refractivity contribution < 1.29 is 9.18 Å². The van der Waals surface area contributed by atoms with Crippen molar-refractivity contribution in [2.75, 3.05) is 0 Å². The summed E-state index contributed by atoms with van der Waals surface area (Å²) in [5.41, 5.74) is 0.261. The number of nitrogens with one attached hydrogen (secondary N) is 2. The van der Waals surface area contributed by atoms with E-state index in [1.165, 1.54) is 12.1 Å². The van der Waals surface area contributed by atoms with E-state index in [9.17, 15) is 9.18 Å². The van der Waals surface area contributed by atoms with Gasteiger partial charge in [0.2, 0.25) is 0 Å². The fourth-order valence-corrected chi connectivity index (χ4v) is 1.85. The second-order valence-corrected chi connectivity index (χ2v) is 5.83. The molecule has 0 bridgehead atoms. The van der Waals surface area contributed by atoms with Crippen molar-refractivity contribution >= 4 is 23.5 Å². The van der Waals surface area contributed by atoms with Crippen LogP contribution in [0.1, 0.15) is 32.4 Å². The molecule has 2 rings (SSSR count). The Morgan fingerprint density at radius 3 is 2.68 bits per heavy atom. The van der Waals surface area contributed by atoms with Crippen molar-refractivity contribution in [1.29, 1.82) is 0 Å². The number of hydrogen-bond acceptors (Lipinski definition) is 3.